The minimum absolute atomic E-state index is 0.173. The number of fused-ring (bicyclic) bond motifs is 3. The minimum atomic E-state index is 0.173. The summed E-state index contributed by atoms with van der Waals surface area (Å²) in [5, 5.41) is 8.51. The second-order valence-corrected chi connectivity index (χ2v) is 3.82. The van der Waals surface area contributed by atoms with Crippen LogP contribution in [-0.4, -0.2) is 11.1 Å². The fourth-order valence-corrected chi connectivity index (χ4v) is 1.91. The molecule has 1 aromatic rings. The van der Waals surface area contributed by atoms with Gasteiger partial charge in [0.15, 0.2) is 0 Å². The molecular weight excluding hydrogens is 188 g/mol. The van der Waals surface area contributed by atoms with Crippen molar-refractivity contribution < 1.29 is 4.74 Å². The van der Waals surface area contributed by atoms with E-state index in [4.69, 9.17) is 10.00 Å². The number of epoxide rings is 1. The number of aromatic nitrogens is 1. The molecule has 1 saturated heterocycles. The quantitative estimate of drug-likeness (QED) is 0.683. The van der Waals surface area contributed by atoms with Crippen LogP contribution in [-0.2, 0) is 11.2 Å². The van der Waals surface area contributed by atoms with E-state index in [1.165, 1.54) is 0 Å². The first-order chi connectivity index (χ1) is 7.38. The Morgan fingerprint density at radius 2 is 2.40 bits per heavy atom. The van der Waals surface area contributed by atoms with Crippen molar-refractivity contribution in [2.24, 2.45) is 0 Å². The Labute approximate surface area is 88.0 Å². The molecule has 0 N–H and O–H groups in total. The molecule has 1 aliphatic carbocycles. The lowest BCUT2D eigenvalue weighted by molar-refractivity contribution is 0.392. The Morgan fingerprint density at radius 1 is 1.47 bits per heavy atom. The van der Waals surface area contributed by atoms with Gasteiger partial charge in [0.1, 0.15) is 12.2 Å². The van der Waals surface area contributed by atoms with Crippen LogP contribution in [0.15, 0.2) is 18.2 Å². The third kappa shape index (κ3) is 1.43. The minimum Gasteiger partial charge on any atom is -0.358 e. The average Bonchev–Trinajstić information content (AvgIpc) is 3.05. The molecule has 0 amide bonds. The molecule has 74 valence electrons. The molecule has 0 radical (unpaired) electrons. The Hall–Kier alpha value is -1.66. The molecular formula is C12H10N2O. The van der Waals surface area contributed by atoms with Crippen molar-refractivity contribution in [3.05, 3.63) is 35.2 Å². The predicted molar refractivity (Wildman–Crippen MR) is 54.8 cm³/mol. The average molecular weight is 198 g/mol. The van der Waals surface area contributed by atoms with Gasteiger partial charge >= 0.3 is 0 Å². The van der Waals surface area contributed by atoms with E-state index in [1.807, 2.05) is 6.07 Å². The number of ether oxygens (including phenoxy) is 1. The molecule has 0 spiro atoms. The van der Waals surface area contributed by atoms with Crippen LogP contribution in [0.25, 0.3) is 6.08 Å². The third-order valence-corrected chi connectivity index (χ3v) is 2.77. The fourth-order valence-electron chi connectivity index (χ4n) is 1.91. The first kappa shape index (κ1) is 8.63. The van der Waals surface area contributed by atoms with Crippen molar-refractivity contribution in [3.63, 3.8) is 0 Å². The molecule has 1 aliphatic heterocycles. The Morgan fingerprint density at radius 3 is 3.27 bits per heavy atom. The van der Waals surface area contributed by atoms with Crippen molar-refractivity contribution in [3.8, 4) is 6.07 Å². The molecule has 15 heavy (non-hydrogen) atoms. The molecule has 2 atom stereocenters. The van der Waals surface area contributed by atoms with E-state index >= 15 is 0 Å². The largest absolute Gasteiger partial charge is 0.358 e. The van der Waals surface area contributed by atoms with Gasteiger partial charge < -0.3 is 4.74 Å². The Balaban J connectivity index is 1.92. The van der Waals surface area contributed by atoms with Crippen LogP contribution >= 0.6 is 0 Å². The highest BCUT2D eigenvalue weighted by Gasteiger charge is 2.42. The zero-order chi connectivity index (χ0) is 10.3. The summed E-state index contributed by atoms with van der Waals surface area (Å²) in [5.41, 5.74) is 3.17. The molecule has 3 rings (SSSR count). The SMILES string of the molecule is N#CCCc1ccc2c(n1)C1OC1C=C2. The maximum atomic E-state index is 8.51. The van der Waals surface area contributed by atoms with E-state index in [-0.39, 0.29) is 12.2 Å². The van der Waals surface area contributed by atoms with Crippen LogP contribution < -0.4 is 0 Å². The van der Waals surface area contributed by atoms with Crippen LogP contribution in [0, 0.1) is 11.3 Å². The van der Waals surface area contributed by atoms with E-state index < -0.39 is 0 Å². The van der Waals surface area contributed by atoms with Crippen molar-refractivity contribution in [1.29, 1.82) is 5.26 Å². The third-order valence-electron chi connectivity index (χ3n) is 2.77. The second-order valence-electron chi connectivity index (χ2n) is 3.82. The van der Waals surface area contributed by atoms with E-state index in [1.54, 1.807) is 0 Å². The number of hydrogen-bond donors (Lipinski definition) is 0. The first-order valence-corrected chi connectivity index (χ1v) is 5.09. The second kappa shape index (κ2) is 3.18. The molecule has 0 bridgehead atoms. The smallest absolute Gasteiger partial charge is 0.131 e. The summed E-state index contributed by atoms with van der Waals surface area (Å²) < 4.78 is 5.45. The highest BCUT2D eigenvalue weighted by Crippen LogP contribution is 2.43. The summed E-state index contributed by atoms with van der Waals surface area (Å²) in [6.07, 6.45) is 5.80. The van der Waals surface area contributed by atoms with Crippen LogP contribution in [0.1, 0.15) is 29.5 Å². The highest BCUT2D eigenvalue weighted by molar-refractivity contribution is 5.58. The molecule has 2 unspecified atom stereocenters. The van der Waals surface area contributed by atoms with Crippen molar-refractivity contribution in [1.82, 2.24) is 4.98 Å². The van der Waals surface area contributed by atoms with Gasteiger partial charge in [0.05, 0.1) is 11.8 Å². The summed E-state index contributed by atoms with van der Waals surface area (Å²) in [5.74, 6) is 0. The molecule has 3 heteroatoms. The molecule has 3 nitrogen and oxygen atoms in total. The normalized spacial score (nSPS) is 25.3. The van der Waals surface area contributed by atoms with Crippen LogP contribution in [0.4, 0.5) is 0 Å². The number of hydrogen-bond acceptors (Lipinski definition) is 3. The fraction of sp³-hybridized carbons (Fsp3) is 0.333. The summed E-state index contributed by atoms with van der Waals surface area (Å²) in [4.78, 5) is 4.55. The molecule has 0 saturated carbocycles. The highest BCUT2D eigenvalue weighted by atomic mass is 16.6. The number of nitrogens with zero attached hydrogens (tertiary/aromatic N) is 2. The molecule has 1 fully saturated rings. The topological polar surface area (TPSA) is 49.2 Å². The molecule has 2 aliphatic rings. The van der Waals surface area contributed by atoms with E-state index in [0.29, 0.717) is 6.42 Å². The standard InChI is InChI=1S/C12H10N2O/c13-7-1-2-9-5-3-8-4-6-10-12(15-10)11(8)14-9/h3-6,10,12H,1-2H2. The Kier molecular flexibility index (Phi) is 1.83. The van der Waals surface area contributed by atoms with E-state index in [2.05, 4.69) is 29.3 Å². The molecule has 0 aromatic carbocycles. The van der Waals surface area contributed by atoms with Gasteiger partial charge in [-0.15, -0.1) is 0 Å². The summed E-state index contributed by atoms with van der Waals surface area (Å²) in [6, 6.07) is 6.18. The number of nitriles is 1. The molecule has 2 heterocycles. The van der Waals surface area contributed by atoms with Gasteiger partial charge in [-0.3, -0.25) is 4.98 Å². The monoisotopic (exact) mass is 198 g/mol. The zero-order valence-corrected chi connectivity index (χ0v) is 8.18. The Bertz CT molecular complexity index is 473. The van der Waals surface area contributed by atoms with Crippen molar-refractivity contribution in [2.45, 2.75) is 25.0 Å². The van der Waals surface area contributed by atoms with Gasteiger partial charge in [-0.25, -0.2) is 0 Å². The maximum absolute atomic E-state index is 8.51. The lowest BCUT2D eigenvalue weighted by atomic mass is 10.0. The van der Waals surface area contributed by atoms with Crippen LogP contribution in [0.5, 0.6) is 0 Å². The number of rotatable bonds is 2. The number of aryl methyl sites for hydroxylation is 1. The summed E-state index contributed by atoms with van der Waals surface area (Å²) in [7, 11) is 0. The van der Waals surface area contributed by atoms with Gasteiger partial charge in [-0.05, 0) is 11.6 Å². The summed E-state index contributed by atoms with van der Waals surface area (Å²) in [6.45, 7) is 0. The predicted octanol–water partition coefficient (Wildman–Crippen LogP) is 2.00. The van der Waals surface area contributed by atoms with Crippen LogP contribution in [0.2, 0.25) is 0 Å². The number of pyridine rings is 1. The lowest BCUT2D eigenvalue weighted by Crippen LogP contribution is -2.01. The van der Waals surface area contributed by atoms with Gasteiger partial charge in [0, 0.05) is 18.5 Å². The van der Waals surface area contributed by atoms with E-state index in [9.17, 15) is 0 Å². The molecule has 1 aromatic heterocycles. The van der Waals surface area contributed by atoms with Crippen molar-refractivity contribution in [2.75, 3.05) is 0 Å². The van der Waals surface area contributed by atoms with E-state index in [0.717, 1.165) is 23.4 Å². The first-order valence-electron chi connectivity index (χ1n) is 5.09. The lowest BCUT2D eigenvalue weighted by Gasteiger charge is -2.07. The van der Waals surface area contributed by atoms with Gasteiger partial charge in [-0.2, -0.15) is 5.26 Å². The van der Waals surface area contributed by atoms with Gasteiger partial charge in [0.2, 0.25) is 0 Å². The zero-order valence-electron chi connectivity index (χ0n) is 8.18. The summed E-state index contributed by atoms with van der Waals surface area (Å²) >= 11 is 0. The van der Waals surface area contributed by atoms with Crippen molar-refractivity contribution >= 4 is 6.08 Å². The van der Waals surface area contributed by atoms with Gasteiger partial charge in [-0.1, -0.05) is 18.2 Å². The van der Waals surface area contributed by atoms with Crippen LogP contribution in [0.3, 0.4) is 0 Å². The van der Waals surface area contributed by atoms with Gasteiger partial charge in [0.25, 0.3) is 0 Å². The maximum Gasteiger partial charge on any atom is 0.131 e.